The summed E-state index contributed by atoms with van der Waals surface area (Å²) in [6.07, 6.45) is 1.55. The second kappa shape index (κ2) is 5.52. The van der Waals surface area contributed by atoms with E-state index in [4.69, 9.17) is 0 Å². The molecule has 1 heterocycles. The van der Waals surface area contributed by atoms with Crippen molar-refractivity contribution in [3.63, 3.8) is 0 Å². The van der Waals surface area contributed by atoms with E-state index in [1.807, 2.05) is 26.1 Å². The first-order valence-corrected chi connectivity index (χ1v) is 6.85. The minimum Gasteiger partial charge on any atom is -0.392 e. The van der Waals surface area contributed by atoms with E-state index in [9.17, 15) is 5.11 Å². The quantitative estimate of drug-likeness (QED) is 0.900. The number of nitrogens with zero attached hydrogens (tertiary/aromatic N) is 1. The van der Waals surface area contributed by atoms with Gasteiger partial charge < -0.3 is 5.11 Å². The predicted molar refractivity (Wildman–Crippen MR) is 74.2 cm³/mol. The van der Waals surface area contributed by atoms with Crippen molar-refractivity contribution in [2.45, 2.75) is 31.0 Å². The van der Waals surface area contributed by atoms with E-state index < -0.39 is 0 Å². The van der Waals surface area contributed by atoms with E-state index in [0.717, 1.165) is 11.3 Å². The molecule has 0 fully saturated rings. The molecule has 2 aromatic rings. The van der Waals surface area contributed by atoms with Crippen LogP contribution in [0.4, 0.5) is 0 Å². The van der Waals surface area contributed by atoms with Gasteiger partial charge in [-0.2, -0.15) is 11.8 Å². The Kier molecular flexibility index (Phi) is 4.02. The van der Waals surface area contributed by atoms with Crippen LogP contribution in [0.5, 0.6) is 0 Å². The average Bonchev–Trinajstić information content (AvgIpc) is 2.35. The van der Waals surface area contributed by atoms with Crippen LogP contribution in [0.15, 0.2) is 36.5 Å². The Hall–Kier alpha value is -1.06. The summed E-state index contributed by atoms with van der Waals surface area (Å²) in [5.74, 6) is 0.889. The van der Waals surface area contributed by atoms with Gasteiger partial charge in [0.15, 0.2) is 0 Å². The molecule has 0 aliphatic rings. The first-order chi connectivity index (χ1) is 8.18. The van der Waals surface area contributed by atoms with Crippen LogP contribution in [-0.4, -0.2) is 21.4 Å². The smallest absolute Gasteiger partial charge is 0.0742 e. The Labute approximate surface area is 106 Å². The molecule has 1 aromatic heterocycles. The SMILES string of the molecule is C[C@H](O)[C@@H](C)SCc1cccc2cccnc12. The minimum absolute atomic E-state index is 0.244. The third-order valence-electron chi connectivity index (χ3n) is 2.90. The summed E-state index contributed by atoms with van der Waals surface area (Å²) in [5, 5.41) is 10.9. The van der Waals surface area contributed by atoms with Crippen LogP contribution in [0, 0.1) is 0 Å². The van der Waals surface area contributed by atoms with E-state index in [1.165, 1.54) is 10.9 Å². The summed E-state index contributed by atoms with van der Waals surface area (Å²) in [4.78, 5) is 4.43. The normalized spacial score (nSPS) is 14.8. The summed E-state index contributed by atoms with van der Waals surface area (Å²) in [6.45, 7) is 3.88. The third-order valence-corrected chi connectivity index (χ3v) is 4.29. The number of rotatable bonds is 4. The monoisotopic (exact) mass is 247 g/mol. The fourth-order valence-electron chi connectivity index (χ4n) is 1.64. The number of aliphatic hydroxyl groups is 1. The summed E-state index contributed by atoms with van der Waals surface area (Å²) < 4.78 is 0. The Morgan fingerprint density at radius 2 is 2.00 bits per heavy atom. The van der Waals surface area contributed by atoms with E-state index in [1.54, 1.807) is 11.8 Å². The van der Waals surface area contributed by atoms with Gasteiger partial charge in [0.2, 0.25) is 0 Å². The molecule has 90 valence electrons. The topological polar surface area (TPSA) is 33.1 Å². The molecule has 0 aliphatic heterocycles. The van der Waals surface area contributed by atoms with Gasteiger partial charge in [-0.05, 0) is 18.6 Å². The molecule has 3 heteroatoms. The maximum Gasteiger partial charge on any atom is 0.0742 e. The van der Waals surface area contributed by atoms with Gasteiger partial charge in [0.1, 0.15) is 0 Å². The zero-order valence-electron chi connectivity index (χ0n) is 10.1. The second-order valence-electron chi connectivity index (χ2n) is 4.25. The third kappa shape index (κ3) is 2.99. The second-order valence-corrected chi connectivity index (χ2v) is 5.61. The number of thioether (sulfide) groups is 1. The molecule has 1 N–H and O–H groups in total. The molecule has 0 saturated heterocycles. The lowest BCUT2D eigenvalue weighted by Crippen LogP contribution is -2.15. The minimum atomic E-state index is -0.275. The van der Waals surface area contributed by atoms with Crippen LogP contribution in [-0.2, 0) is 5.75 Å². The Morgan fingerprint density at radius 3 is 2.76 bits per heavy atom. The highest BCUT2D eigenvalue weighted by atomic mass is 32.2. The van der Waals surface area contributed by atoms with Gasteiger partial charge in [0.25, 0.3) is 0 Å². The fourth-order valence-corrected chi connectivity index (χ4v) is 2.60. The Morgan fingerprint density at radius 1 is 1.24 bits per heavy atom. The van der Waals surface area contributed by atoms with E-state index >= 15 is 0 Å². The predicted octanol–water partition coefficient (Wildman–Crippen LogP) is 3.24. The Balaban J connectivity index is 2.19. The van der Waals surface area contributed by atoms with Crippen molar-refractivity contribution in [2.24, 2.45) is 0 Å². The van der Waals surface area contributed by atoms with Crippen LogP contribution in [0.2, 0.25) is 0 Å². The number of para-hydroxylation sites is 1. The summed E-state index contributed by atoms with van der Waals surface area (Å²) in [5.41, 5.74) is 2.31. The largest absolute Gasteiger partial charge is 0.392 e. The average molecular weight is 247 g/mol. The van der Waals surface area contributed by atoms with Crippen LogP contribution < -0.4 is 0 Å². The molecule has 0 spiro atoms. The zero-order chi connectivity index (χ0) is 12.3. The molecule has 17 heavy (non-hydrogen) atoms. The lowest BCUT2D eigenvalue weighted by Gasteiger charge is -2.14. The first-order valence-electron chi connectivity index (χ1n) is 5.81. The summed E-state index contributed by atoms with van der Waals surface area (Å²) in [6, 6.07) is 10.3. The van der Waals surface area contributed by atoms with E-state index in [2.05, 4.69) is 29.2 Å². The molecule has 0 bridgehead atoms. The van der Waals surface area contributed by atoms with Crippen molar-refractivity contribution in [3.05, 3.63) is 42.1 Å². The first kappa shape index (κ1) is 12.4. The van der Waals surface area contributed by atoms with Crippen molar-refractivity contribution in [3.8, 4) is 0 Å². The molecule has 0 amide bonds. The van der Waals surface area contributed by atoms with Crippen LogP contribution in [0.25, 0.3) is 10.9 Å². The van der Waals surface area contributed by atoms with Gasteiger partial charge in [-0.25, -0.2) is 0 Å². The van der Waals surface area contributed by atoms with Crippen molar-refractivity contribution < 1.29 is 5.11 Å². The number of hydrogen-bond donors (Lipinski definition) is 1. The van der Waals surface area contributed by atoms with Crippen molar-refractivity contribution in [2.75, 3.05) is 0 Å². The van der Waals surface area contributed by atoms with Gasteiger partial charge in [-0.3, -0.25) is 4.98 Å². The van der Waals surface area contributed by atoms with Crippen molar-refractivity contribution >= 4 is 22.7 Å². The molecular weight excluding hydrogens is 230 g/mol. The van der Waals surface area contributed by atoms with Gasteiger partial charge in [0.05, 0.1) is 11.6 Å². The van der Waals surface area contributed by atoms with Gasteiger partial charge >= 0.3 is 0 Å². The molecule has 0 unspecified atom stereocenters. The Bertz CT molecular complexity index is 493. The van der Waals surface area contributed by atoms with E-state index in [0.29, 0.717) is 0 Å². The lowest BCUT2D eigenvalue weighted by molar-refractivity contribution is 0.196. The number of aliphatic hydroxyl groups excluding tert-OH is 1. The van der Waals surface area contributed by atoms with Crippen LogP contribution in [0.1, 0.15) is 19.4 Å². The van der Waals surface area contributed by atoms with Gasteiger partial charge in [0, 0.05) is 22.6 Å². The molecule has 0 saturated carbocycles. The molecule has 2 rings (SSSR count). The lowest BCUT2D eigenvalue weighted by atomic mass is 10.1. The molecule has 0 aliphatic carbocycles. The maximum absolute atomic E-state index is 9.48. The molecule has 0 radical (unpaired) electrons. The number of pyridine rings is 1. The highest BCUT2D eigenvalue weighted by Gasteiger charge is 2.10. The van der Waals surface area contributed by atoms with E-state index in [-0.39, 0.29) is 11.4 Å². The van der Waals surface area contributed by atoms with Gasteiger partial charge in [-0.15, -0.1) is 0 Å². The molecule has 1 aromatic carbocycles. The molecular formula is C14H17NOS. The van der Waals surface area contributed by atoms with Crippen LogP contribution >= 0.6 is 11.8 Å². The molecule has 2 atom stereocenters. The number of fused-ring (bicyclic) bond motifs is 1. The number of aromatic nitrogens is 1. The van der Waals surface area contributed by atoms with Crippen LogP contribution in [0.3, 0.4) is 0 Å². The fraction of sp³-hybridized carbons (Fsp3) is 0.357. The zero-order valence-corrected chi connectivity index (χ0v) is 10.9. The van der Waals surface area contributed by atoms with Crippen molar-refractivity contribution in [1.82, 2.24) is 4.98 Å². The molecule has 2 nitrogen and oxygen atoms in total. The number of hydrogen-bond acceptors (Lipinski definition) is 3. The summed E-state index contributed by atoms with van der Waals surface area (Å²) >= 11 is 1.76. The number of benzene rings is 1. The highest BCUT2D eigenvalue weighted by Crippen LogP contribution is 2.24. The summed E-state index contributed by atoms with van der Waals surface area (Å²) in [7, 11) is 0. The highest BCUT2D eigenvalue weighted by molar-refractivity contribution is 7.99. The standard InChI is InChI=1S/C14H17NOS/c1-10(16)11(2)17-9-13-6-3-5-12-7-4-8-15-14(12)13/h3-8,10-11,16H,9H2,1-2H3/t10-,11+/m0/s1. The maximum atomic E-state index is 9.48. The van der Waals surface area contributed by atoms with Gasteiger partial charge in [-0.1, -0.05) is 31.2 Å². The van der Waals surface area contributed by atoms with Crippen molar-refractivity contribution in [1.29, 1.82) is 0 Å².